The van der Waals surface area contributed by atoms with Gasteiger partial charge in [-0.05, 0) is 12.1 Å². The predicted octanol–water partition coefficient (Wildman–Crippen LogP) is -0.00110. The van der Waals surface area contributed by atoms with Crippen LogP contribution in [-0.4, -0.2) is 53.7 Å². The number of carboxylic acids is 1. The fourth-order valence-electron chi connectivity index (χ4n) is 0.635. The van der Waals surface area contributed by atoms with Crippen molar-refractivity contribution in [2.75, 3.05) is 19.5 Å². The van der Waals surface area contributed by atoms with Gasteiger partial charge >= 0.3 is 5.97 Å². The Bertz CT molecular complexity index is 463. The van der Waals surface area contributed by atoms with Gasteiger partial charge in [-0.3, -0.25) is 4.55 Å². The largest absolute Gasteiger partial charge is 0.478 e. The molecule has 0 bridgehead atoms. The maximum absolute atomic E-state index is 12.5. The third-order valence-corrected chi connectivity index (χ3v) is 1.20. The summed E-state index contributed by atoms with van der Waals surface area (Å²) in [6.45, 7) is -0.250. The van der Waals surface area contributed by atoms with Gasteiger partial charge in [0.2, 0.25) is 0 Å². The highest BCUT2D eigenvalue weighted by Gasteiger charge is 2.06. The Hall–Kier alpha value is -1.55. The maximum Gasteiger partial charge on any atom is 0.338 e. The first-order valence-electron chi connectivity index (χ1n) is 4.75. The molecule has 0 aliphatic heterocycles. The van der Waals surface area contributed by atoms with Crippen molar-refractivity contribution >= 4 is 16.1 Å². The average molecular weight is 298 g/mol. The molecule has 0 saturated carbocycles. The van der Waals surface area contributed by atoms with E-state index in [0.717, 1.165) is 6.07 Å². The molecule has 1 aromatic carbocycles. The Morgan fingerprint density at radius 1 is 1.21 bits per heavy atom. The Balaban J connectivity index is 0. The zero-order valence-electron chi connectivity index (χ0n) is 10.0. The van der Waals surface area contributed by atoms with Crippen molar-refractivity contribution in [2.24, 2.45) is 0 Å². The highest BCUT2D eigenvalue weighted by Crippen LogP contribution is 2.04. The molecular formula is C10H15FO7S. The Morgan fingerprint density at radius 3 is 1.79 bits per heavy atom. The number of carboxylic acid groups (broad SMARTS) is 1. The number of benzene rings is 1. The quantitative estimate of drug-likeness (QED) is 0.565. The van der Waals surface area contributed by atoms with Crippen LogP contribution in [-0.2, 0) is 10.1 Å². The number of aliphatic hydroxyl groups excluding tert-OH is 2. The van der Waals surface area contributed by atoms with Gasteiger partial charge in [-0.25, -0.2) is 9.18 Å². The van der Waals surface area contributed by atoms with E-state index in [1.54, 1.807) is 0 Å². The van der Waals surface area contributed by atoms with E-state index in [1.165, 1.54) is 18.2 Å². The van der Waals surface area contributed by atoms with Crippen molar-refractivity contribution in [3.05, 3.63) is 35.6 Å². The lowest BCUT2D eigenvalue weighted by atomic mass is 10.2. The van der Waals surface area contributed by atoms with Crippen LogP contribution in [0, 0.1) is 5.82 Å². The van der Waals surface area contributed by atoms with Crippen molar-refractivity contribution < 1.29 is 37.5 Å². The summed E-state index contributed by atoms with van der Waals surface area (Å²) in [5, 5.41) is 23.6. The molecule has 19 heavy (non-hydrogen) atoms. The zero-order valence-corrected chi connectivity index (χ0v) is 10.8. The number of carbonyl (C=O) groups is 1. The predicted molar refractivity (Wildman–Crippen MR) is 65.0 cm³/mol. The van der Waals surface area contributed by atoms with E-state index >= 15 is 0 Å². The SMILES string of the molecule is CS(=O)(=O)O.O=C(O)c1ccccc1F.OCCO. The summed E-state index contributed by atoms with van der Waals surface area (Å²) in [6.07, 6.45) is 0.715. The molecule has 4 N–H and O–H groups in total. The van der Waals surface area contributed by atoms with Crippen LogP contribution in [0.15, 0.2) is 24.3 Å². The second-order valence-corrected chi connectivity index (χ2v) is 4.43. The second-order valence-electron chi connectivity index (χ2n) is 2.97. The molecule has 0 atom stereocenters. The van der Waals surface area contributed by atoms with Crippen molar-refractivity contribution in [1.29, 1.82) is 0 Å². The number of hydrogen-bond acceptors (Lipinski definition) is 5. The van der Waals surface area contributed by atoms with Gasteiger partial charge in [-0.2, -0.15) is 8.42 Å². The molecule has 0 aromatic heterocycles. The fraction of sp³-hybridized carbons (Fsp3) is 0.300. The molecule has 7 nitrogen and oxygen atoms in total. The first kappa shape index (κ1) is 19.8. The van der Waals surface area contributed by atoms with Crippen LogP contribution >= 0.6 is 0 Å². The van der Waals surface area contributed by atoms with E-state index in [1.807, 2.05) is 0 Å². The molecule has 1 aromatic rings. The molecule has 0 radical (unpaired) electrons. The Morgan fingerprint density at radius 2 is 1.58 bits per heavy atom. The van der Waals surface area contributed by atoms with Crippen LogP contribution in [0.1, 0.15) is 10.4 Å². The van der Waals surface area contributed by atoms with Crippen LogP contribution in [0.2, 0.25) is 0 Å². The smallest absolute Gasteiger partial charge is 0.338 e. The maximum atomic E-state index is 12.5. The topological polar surface area (TPSA) is 132 Å². The standard InChI is InChI=1S/C7H5FO2.C2H6O2.CH4O3S/c8-6-4-2-1-3-5(6)7(9)10;3-1-2-4;1-5(2,3)4/h1-4H,(H,9,10);3-4H,1-2H2;1H3,(H,2,3,4). The lowest BCUT2D eigenvalue weighted by Crippen LogP contribution is -1.98. The van der Waals surface area contributed by atoms with E-state index in [4.69, 9.17) is 19.9 Å². The van der Waals surface area contributed by atoms with Gasteiger partial charge < -0.3 is 15.3 Å². The van der Waals surface area contributed by atoms with Gasteiger partial charge in [0.05, 0.1) is 25.0 Å². The second kappa shape index (κ2) is 10.4. The monoisotopic (exact) mass is 298 g/mol. The van der Waals surface area contributed by atoms with Crippen LogP contribution in [0.3, 0.4) is 0 Å². The third-order valence-electron chi connectivity index (χ3n) is 1.20. The van der Waals surface area contributed by atoms with Gasteiger partial charge in [-0.1, -0.05) is 12.1 Å². The van der Waals surface area contributed by atoms with Crippen LogP contribution in [0.4, 0.5) is 4.39 Å². The minimum Gasteiger partial charge on any atom is -0.478 e. The number of rotatable bonds is 2. The zero-order chi connectivity index (χ0) is 15.5. The molecule has 0 aliphatic rings. The molecule has 0 spiro atoms. The van der Waals surface area contributed by atoms with Crippen LogP contribution in [0.25, 0.3) is 0 Å². The summed E-state index contributed by atoms with van der Waals surface area (Å²) in [7, 11) is -3.67. The summed E-state index contributed by atoms with van der Waals surface area (Å²) in [6, 6.07) is 5.26. The lowest BCUT2D eigenvalue weighted by Gasteiger charge is -1.92. The third kappa shape index (κ3) is 16.4. The summed E-state index contributed by atoms with van der Waals surface area (Å²) in [5.74, 6) is -1.94. The first-order chi connectivity index (χ1) is 8.63. The number of aromatic carboxylic acids is 1. The molecular weight excluding hydrogens is 283 g/mol. The van der Waals surface area contributed by atoms with Crippen molar-refractivity contribution in [2.45, 2.75) is 0 Å². The van der Waals surface area contributed by atoms with Gasteiger partial charge in [0.1, 0.15) is 5.82 Å². The molecule has 0 unspecified atom stereocenters. The van der Waals surface area contributed by atoms with Gasteiger partial charge in [-0.15, -0.1) is 0 Å². The summed E-state index contributed by atoms with van der Waals surface area (Å²) < 4.78 is 38.3. The molecule has 0 fully saturated rings. The molecule has 0 heterocycles. The minimum atomic E-state index is -3.67. The Labute approximate surface area is 109 Å². The van der Waals surface area contributed by atoms with Crippen molar-refractivity contribution in [3.8, 4) is 0 Å². The highest BCUT2D eigenvalue weighted by molar-refractivity contribution is 7.85. The van der Waals surface area contributed by atoms with Crippen LogP contribution < -0.4 is 0 Å². The van der Waals surface area contributed by atoms with Crippen LogP contribution in [0.5, 0.6) is 0 Å². The molecule has 0 aliphatic carbocycles. The van der Waals surface area contributed by atoms with E-state index in [0.29, 0.717) is 6.26 Å². The summed E-state index contributed by atoms with van der Waals surface area (Å²) in [5.41, 5.74) is -0.289. The van der Waals surface area contributed by atoms with Crippen molar-refractivity contribution in [1.82, 2.24) is 0 Å². The number of halogens is 1. The van der Waals surface area contributed by atoms with Gasteiger partial charge in [0.25, 0.3) is 10.1 Å². The highest BCUT2D eigenvalue weighted by atomic mass is 32.2. The molecule has 0 amide bonds. The summed E-state index contributed by atoms with van der Waals surface area (Å²) >= 11 is 0. The Kier molecular flexibility index (Phi) is 10.8. The van der Waals surface area contributed by atoms with E-state index in [9.17, 15) is 17.6 Å². The average Bonchev–Trinajstić information content (AvgIpc) is 2.27. The minimum absolute atomic E-state index is 0.125. The van der Waals surface area contributed by atoms with E-state index in [-0.39, 0.29) is 18.8 Å². The molecule has 1 rings (SSSR count). The molecule has 110 valence electrons. The first-order valence-corrected chi connectivity index (χ1v) is 6.60. The normalized spacial score (nSPS) is 9.53. The summed E-state index contributed by atoms with van der Waals surface area (Å²) in [4.78, 5) is 10.2. The molecule has 0 saturated heterocycles. The number of hydrogen-bond donors (Lipinski definition) is 4. The van der Waals surface area contributed by atoms with Gasteiger partial charge in [0, 0.05) is 0 Å². The van der Waals surface area contributed by atoms with Crippen molar-refractivity contribution in [3.63, 3.8) is 0 Å². The van der Waals surface area contributed by atoms with E-state index < -0.39 is 21.9 Å². The lowest BCUT2D eigenvalue weighted by molar-refractivity contribution is 0.0692. The van der Waals surface area contributed by atoms with Gasteiger partial charge in [0.15, 0.2) is 0 Å². The molecule has 9 heteroatoms. The van der Waals surface area contributed by atoms with E-state index in [2.05, 4.69) is 0 Å². The fourth-order valence-corrected chi connectivity index (χ4v) is 0.635. The number of aliphatic hydroxyl groups is 2.